The van der Waals surface area contributed by atoms with Crippen LogP contribution in [-0.2, 0) is 13.7 Å². The SMILES string of the molecule is [C-]#[N+]c1cccc(-n2nnn(C)c2=O)c1COc1cc(F)ccc1C. The minimum atomic E-state index is -0.440. The molecule has 0 spiro atoms. The van der Waals surface area contributed by atoms with Crippen molar-refractivity contribution in [3.63, 3.8) is 0 Å². The Hall–Kier alpha value is -3.47. The average Bonchev–Trinajstić information content (AvgIpc) is 2.94. The highest BCUT2D eigenvalue weighted by Crippen LogP contribution is 2.28. The Kier molecular flexibility index (Phi) is 4.31. The maximum absolute atomic E-state index is 13.4. The van der Waals surface area contributed by atoms with Crippen molar-refractivity contribution in [2.24, 2.45) is 7.05 Å². The van der Waals surface area contributed by atoms with Crippen molar-refractivity contribution in [2.45, 2.75) is 13.5 Å². The number of nitrogens with zero attached hydrogens (tertiary/aromatic N) is 5. The van der Waals surface area contributed by atoms with Crippen LogP contribution in [0.25, 0.3) is 10.5 Å². The first-order valence-electron chi connectivity index (χ1n) is 7.39. The van der Waals surface area contributed by atoms with Crippen LogP contribution >= 0.6 is 0 Å². The van der Waals surface area contributed by atoms with Gasteiger partial charge in [0.15, 0.2) is 5.69 Å². The number of benzene rings is 2. The van der Waals surface area contributed by atoms with Crippen molar-refractivity contribution in [1.29, 1.82) is 0 Å². The smallest absolute Gasteiger partial charge is 0.368 e. The van der Waals surface area contributed by atoms with Crippen molar-refractivity contribution in [3.8, 4) is 11.4 Å². The molecule has 8 heteroatoms. The number of hydrogen-bond acceptors (Lipinski definition) is 4. The second-order valence-electron chi connectivity index (χ2n) is 5.38. The molecule has 3 rings (SSSR count). The van der Waals surface area contributed by atoms with Gasteiger partial charge in [0.2, 0.25) is 0 Å². The molecule has 0 aliphatic heterocycles. The summed E-state index contributed by atoms with van der Waals surface area (Å²) in [5, 5.41) is 7.49. The molecule has 0 bridgehead atoms. The van der Waals surface area contributed by atoms with E-state index in [1.54, 1.807) is 31.2 Å². The van der Waals surface area contributed by atoms with Gasteiger partial charge < -0.3 is 4.74 Å². The number of tetrazole rings is 1. The third-order valence-corrected chi connectivity index (χ3v) is 3.72. The van der Waals surface area contributed by atoms with E-state index in [0.29, 0.717) is 22.7 Å². The molecule has 126 valence electrons. The number of aryl methyl sites for hydroxylation is 2. The Morgan fingerprint density at radius 3 is 2.76 bits per heavy atom. The number of aromatic nitrogens is 4. The van der Waals surface area contributed by atoms with Gasteiger partial charge in [0.25, 0.3) is 0 Å². The largest absolute Gasteiger partial charge is 0.490 e. The topological polar surface area (TPSA) is 66.3 Å². The van der Waals surface area contributed by atoms with Gasteiger partial charge in [-0.2, -0.15) is 9.36 Å². The lowest BCUT2D eigenvalue weighted by Gasteiger charge is -2.13. The van der Waals surface area contributed by atoms with E-state index < -0.39 is 11.5 Å². The number of halogens is 1. The summed E-state index contributed by atoms with van der Waals surface area (Å²) in [5.74, 6) is -0.0401. The van der Waals surface area contributed by atoms with Gasteiger partial charge in [0.05, 0.1) is 12.3 Å². The summed E-state index contributed by atoms with van der Waals surface area (Å²) in [6.45, 7) is 9.13. The zero-order valence-corrected chi connectivity index (χ0v) is 13.6. The maximum Gasteiger partial charge on any atom is 0.368 e. The summed E-state index contributed by atoms with van der Waals surface area (Å²) in [5.41, 5.74) is 1.53. The third kappa shape index (κ3) is 3.12. The van der Waals surface area contributed by atoms with Crippen LogP contribution in [0.4, 0.5) is 10.1 Å². The first-order chi connectivity index (χ1) is 12.0. The summed E-state index contributed by atoms with van der Waals surface area (Å²) >= 11 is 0. The molecule has 0 aliphatic carbocycles. The van der Waals surface area contributed by atoms with Crippen molar-refractivity contribution in [1.82, 2.24) is 19.8 Å². The standard InChI is InChI=1S/C17H14FN5O2/c1-11-7-8-12(18)9-16(11)25-10-13-14(19-2)5-4-6-15(13)23-17(24)22(3)20-21-23/h4-9H,10H2,1,3H3. The van der Waals surface area contributed by atoms with Crippen LogP contribution in [0.15, 0.2) is 41.2 Å². The molecule has 3 aromatic rings. The second kappa shape index (κ2) is 6.57. The normalized spacial score (nSPS) is 10.5. The van der Waals surface area contributed by atoms with Crippen molar-refractivity contribution in [2.75, 3.05) is 0 Å². The molecule has 0 unspecified atom stereocenters. The van der Waals surface area contributed by atoms with Crippen molar-refractivity contribution >= 4 is 5.69 Å². The Morgan fingerprint density at radius 2 is 2.08 bits per heavy atom. The van der Waals surface area contributed by atoms with Gasteiger partial charge in [-0.3, -0.25) is 0 Å². The molecule has 2 aromatic carbocycles. The highest BCUT2D eigenvalue weighted by Gasteiger charge is 2.15. The van der Waals surface area contributed by atoms with Gasteiger partial charge in [-0.1, -0.05) is 18.2 Å². The van der Waals surface area contributed by atoms with Crippen molar-refractivity contribution < 1.29 is 9.13 Å². The predicted molar refractivity (Wildman–Crippen MR) is 88.3 cm³/mol. The van der Waals surface area contributed by atoms with Gasteiger partial charge in [0.1, 0.15) is 18.2 Å². The van der Waals surface area contributed by atoms with Crippen LogP contribution in [0, 0.1) is 19.3 Å². The van der Waals surface area contributed by atoms with Crippen LogP contribution < -0.4 is 10.4 Å². The molecule has 0 saturated carbocycles. The van der Waals surface area contributed by atoms with E-state index in [2.05, 4.69) is 15.3 Å². The highest BCUT2D eigenvalue weighted by atomic mass is 19.1. The van der Waals surface area contributed by atoms with Crippen LogP contribution in [0.3, 0.4) is 0 Å². The van der Waals surface area contributed by atoms with Crippen LogP contribution in [0.5, 0.6) is 5.75 Å². The summed E-state index contributed by atoms with van der Waals surface area (Å²) in [6, 6.07) is 9.17. The second-order valence-corrected chi connectivity index (χ2v) is 5.38. The fourth-order valence-corrected chi connectivity index (χ4v) is 2.36. The number of ether oxygens (including phenoxy) is 1. The summed E-state index contributed by atoms with van der Waals surface area (Å²) in [4.78, 5) is 15.6. The Morgan fingerprint density at radius 1 is 1.28 bits per heavy atom. The zero-order valence-electron chi connectivity index (χ0n) is 13.6. The molecule has 0 N–H and O–H groups in total. The quantitative estimate of drug-likeness (QED) is 0.685. The minimum absolute atomic E-state index is 0.0127. The van der Waals surface area contributed by atoms with Crippen molar-refractivity contribution in [3.05, 3.63) is 75.2 Å². The lowest BCUT2D eigenvalue weighted by atomic mass is 10.1. The van der Waals surface area contributed by atoms with E-state index >= 15 is 0 Å². The van der Waals surface area contributed by atoms with E-state index in [0.717, 1.165) is 14.9 Å². The van der Waals surface area contributed by atoms with Crippen LogP contribution in [0.2, 0.25) is 0 Å². The van der Waals surface area contributed by atoms with Gasteiger partial charge in [-0.25, -0.2) is 14.0 Å². The zero-order chi connectivity index (χ0) is 18.0. The molecule has 0 atom stereocenters. The molecule has 0 saturated heterocycles. The van der Waals surface area contributed by atoms with E-state index in [4.69, 9.17) is 11.3 Å². The molecule has 0 fully saturated rings. The highest BCUT2D eigenvalue weighted by molar-refractivity contribution is 5.60. The van der Waals surface area contributed by atoms with Gasteiger partial charge in [-0.05, 0) is 35.0 Å². The van der Waals surface area contributed by atoms with E-state index in [1.807, 2.05) is 0 Å². The molecule has 1 aromatic heterocycles. The maximum atomic E-state index is 13.4. The molecule has 25 heavy (non-hydrogen) atoms. The molecular formula is C17H14FN5O2. The van der Waals surface area contributed by atoms with Crippen LogP contribution in [0.1, 0.15) is 11.1 Å². The first kappa shape index (κ1) is 16.4. The lowest BCUT2D eigenvalue weighted by Crippen LogP contribution is -2.23. The molecular weight excluding hydrogens is 325 g/mol. The lowest BCUT2D eigenvalue weighted by molar-refractivity contribution is 0.302. The van der Waals surface area contributed by atoms with E-state index in [-0.39, 0.29) is 6.61 Å². The summed E-state index contributed by atoms with van der Waals surface area (Å²) in [7, 11) is 1.48. The molecule has 0 radical (unpaired) electrons. The fourth-order valence-electron chi connectivity index (χ4n) is 2.36. The third-order valence-electron chi connectivity index (χ3n) is 3.72. The molecule has 0 aliphatic rings. The average molecular weight is 339 g/mol. The fraction of sp³-hybridized carbons (Fsp3) is 0.176. The Balaban J connectivity index is 2.03. The molecule has 0 amide bonds. The summed E-state index contributed by atoms with van der Waals surface area (Å²) < 4.78 is 21.3. The Bertz CT molecular complexity index is 1030. The molecule has 7 nitrogen and oxygen atoms in total. The Labute approximate surface area is 142 Å². The monoisotopic (exact) mass is 339 g/mol. The summed E-state index contributed by atoms with van der Waals surface area (Å²) in [6.07, 6.45) is 0. The predicted octanol–water partition coefficient (Wildman–Crippen LogP) is 2.54. The molecule has 1 heterocycles. The first-order valence-corrected chi connectivity index (χ1v) is 7.39. The van der Waals surface area contributed by atoms with Crippen LogP contribution in [-0.4, -0.2) is 19.8 Å². The van der Waals surface area contributed by atoms with Gasteiger partial charge >= 0.3 is 5.69 Å². The van der Waals surface area contributed by atoms with Gasteiger partial charge in [-0.15, -0.1) is 0 Å². The van der Waals surface area contributed by atoms with E-state index in [1.165, 1.54) is 19.2 Å². The minimum Gasteiger partial charge on any atom is -0.490 e. The van der Waals surface area contributed by atoms with Gasteiger partial charge in [0, 0.05) is 18.7 Å². The van der Waals surface area contributed by atoms with E-state index in [9.17, 15) is 9.18 Å². The number of rotatable bonds is 4. The number of hydrogen-bond donors (Lipinski definition) is 0.